The highest BCUT2D eigenvalue weighted by atomic mass is 32.1. The Morgan fingerprint density at radius 3 is 2.84 bits per heavy atom. The number of benzene rings is 2. The first kappa shape index (κ1) is 15.2. The lowest BCUT2D eigenvalue weighted by Crippen LogP contribution is -2.07. The molecule has 0 bridgehead atoms. The maximum Gasteiger partial charge on any atom is 0.279 e. The monoisotopic (exact) mass is 350 g/mol. The van der Waals surface area contributed by atoms with E-state index in [1.165, 1.54) is 11.3 Å². The SMILES string of the molecule is N#C/C(=C(/O)c1ccc2c(c1)OCO2)c1nc(=O)c2ccccc2s1. The number of aliphatic hydroxyl groups excluding tert-OH is 1. The Morgan fingerprint density at radius 2 is 2.00 bits per heavy atom. The molecule has 0 unspecified atom stereocenters. The van der Waals surface area contributed by atoms with Crippen LogP contribution in [0.4, 0.5) is 0 Å². The average Bonchev–Trinajstić information content (AvgIpc) is 3.10. The highest BCUT2D eigenvalue weighted by Gasteiger charge is 2.19. The molecule has 2 heterocycles. The lowest BCUT2D eigenvalue weighted by atomic mass is 10.1. The lowest BCUT2D eigenvalue weighted by molar-refractivity contribution is 0.174. The van der Waals surface area contributed by atoms with E-state index in [0.717, 1.165) is 0 Å². The summed E-state index contributed by atoms with van der Waals surface area (Å²) in [4.78, 5) is 16.1. The van der Waals surface area contributed by atoms with E-state index in [1.54, 1.807) is 42.5 Å². The Labute approximate surface area is 145 Å². The number of aromatic nitrogens is 1. The predicted molar refractivity (Wildman–Crippen MR) is 93.5 cm³/mol. The molecular weight excluding hydrogens is 340 g/mol. The summed E-state index contributed by atoms with van der Waals surface area (Å²) in [6.07, 6.45) is 0. The first-order chi connectivity index (χ1) is 12.2. The van der Waals surface area contributed by atoms with Crippen LogP contribution in [0.3, 0.4) is 0 Å². The van der Waals surface area contributed by atoms with E-state index in [0.29, 0.717) is 27.1 Å². The molecule has 0 atom stereocenters. The number of rotatable bonds is 2. The summed E-state index contributed by atoms with van der Waals surface area (Å²) in [6.45, 7) is 0.113. The van der Waals surface area contributed by atoms with Gasteiger partial charge < -0.3 is 14.6 Å². The molecule has 3 aromatic rings. The third kappa shape index (κ3) is 2.58. The van der Waals surface area contributed by atoms with Crippen molar-refractivity contribution < 1.29 is 14.6 Å². The third-order valence-electron chi connectivity index (χ3n) is 3.74. The minimum atomic E-state index is -0.435. The molecule has 122 valence electrons. The summed E-state index contributed by atoms with van der Waals surface area (Å²) < 4.78 is 11.2. The van der Waals surface area contributed by atoms with Crippen LogP contribution in [0.15, 0.2) is 47.3 Å². The molecule has 0 saturated heterocycles. The fraction of sp³-hybridized carbons (Fsp3) is 0.0556. The second kappa shape index (κ2) is 5.92. The van der Waals surface area contributed by atoms with Crippen molar-refractivity contribution in [3.63, 3.8) is 0 Å². The summed E-state index contributed by atoms with van der Waals surface area (Å²) in [6, 6.07) is 13.8. The molecule has 0 saturated carbocycles. The number of nitriles is 1. The Hall–Kier alpha value is -3.37. The van der Waals surface area contributed by atoms with Crippen LogP contribution in [0, 0.1) is 11.3 Å². The van der Waals surface area contributed by atoms with Gasteiger partial charge in [-0.15, -0.1) is 11.3 Å². The summed E-state index contributed by atoms with van der Waals surface area (Å²) in [5, 5.41) is 20.7. The van der Waals surface area contributed by atoms with E-state index >= 15 is 0 Å². The first-order valence-electron chi connectivity index (χ1n) is 7.31. The number of aliphatic hydroxyl groups is 1. The highest BCUT2D eigenvalue weighted by molar-refractivity contribution is 7.19. The zero-order valence-electron chi connectivity index (χ0n) is 12.7. The molecule has 1 aromatic heterocycles. The molecule has 0 spiro atoms. The molecule has 4 rings (SSSR count). The molecule has 1 aliphatic rings. The van der Waals surface area contributed by atoms with Gasteiger partial charge in [0.1, 0.15) is 22.4 Å². The van der Waals surface area contributed by atoms with Crippen LogP contribution in [0.5, 0.6) is 11.5 Å². The van der Waals surface area contributed by atoms with Gasteiger partial charge in [-0.25, -0.2) is 0 Å². The highest BCUT2D eigenvalue weighted by Crippen LogP contribution is 2.36. The smallest absolute Gasteiger partial charge is 0.279 e. The van der Waals surface area contributed by atoms with Gasteiger partial charge in [0.15, 0.2) is 11.5 Å². The van der Waals surface area contributed by atoms with Crippen LogP contribution in [0.2, 0.25) is 0 Å². The Morgan fingerprint density at radius 1 is 1.20 bits per heavy atom. The number of hydrogen-bond acceptors (Lipinski definition) is 7. The van der Waals surface area contributed by atoms with Crippen molar-refractivity contribution in [3.8, 4) is 17.6 Å². The van der Waals surface area contributed by atoms with E-state index in [1.807, 2.05) is 6.07 Å². The first-order valence-corrected chi connectivity index (χ1v) is 8.12. The molecular formula is C18H10N2O4S. The van der Waals surface area contributed by atoms with Gasteiger partial charge in [-0.05, 0) is 30.3 Å². The zero-order chi connectivity index (χ0) is 17.4. The maximum absolute atomic E-state index is 12.2. The Balaban J connectivity index is 1.88. The number of nitrogens with zero attached hydrogens (tertiary/aromatic N) is 2. The van der Waals surface area contributed by atoms with Gasteiger partial charge in [-0.3, -0.25) is 4.79 Å². The van der Waals surface area contributed by atoms with E-state index in [-0.39, 0.29) is 23.1 Å². The van der Waals surface area contributed by atoms with Crippen molar-refractivity contribution >= 4 is 32.8 Å². The fourth-order valence-corrected chi connectivity index (χ4v) is 3.50. The van der Waals surface area contributed by atoms with E-state index in [2.05, 4.69) is 4.98 Å². The van der Waals surface area contributed by atoms with Gasteiger partial charge in [0.25, 0.3) is 5.56 Å². The summed E-state index contributed by atoms with van der Waals surface area (Å²) >= 11 is 1.17. The van der Waals surface area contributed by atoms with Crippen molar-refractivity contribution in [2.75, 3.05) is 6.79 Å². The van der Waals surface area contributed by atoms with E-state index in [4.69, 9.17) is 9.47 Å². The molecule has 6 nitrogen and oxygen atoms in total. The number of hydrogen-bond donors (Lipinski definition) is 1. The topological polar surface area (TPSA) is 92.4 Å². The second-order valence-corrected chi connectivity index (χ2v) is 6.25. The maximum atomic E-state index is 12.2. The molecule has 1 aliphatic heterocycles. The van der Waals surface area contributed by atoms with E-state index in [9.17, 15) is 15.2 Å². The molecule has 0 amide bonds. The minimum Gasteiger partial charge on any atom is -0.506 e. The van der Waals surface area contributed by atoms with Gasteiger partial charge in [0.2, 0.25) is 6.79 Å². The van der Waals surface area contributed by atoms with Crippen LogP contribution in [0.1, 0.15) is 10.6 Å². The van der Waals surface area contributed by atoms with Gasteiger partial charge in [0.05, 0.1) is 5.39 Å². The average molecular weight is 350 g/mol. The minimum absolute atomic E-state index is 0.0632. The Bertz CT molecular complexity index is 1130. The predicted octanol–water partition coefficient (Wildman–Crippen LogP) is 3.34. The summed E-state index contributed by atoms with van der Waals surface area (Å²) in [5.41, 5.74) is -0.113. The van der Waals surface area contributed by atoms with Crippen LogP contribution in [-0.2, 0) is 0 Å². The standard InChI is InChI=1S/C18H10N2O4S/c19-8-12(16(21)10-5-6-13-14(7-10)24-9-23-13)18-20-17(22)11-3-1-2-4-15(11)25-18/h1-7,21H,9H2/b16-12-. The third-order valence-corrected chi connectivity index (χ3v) is 4.80. The van der Waals surface area contributed by atoms with Crippen molar-refractivity contribution in [3.05, 3.63) is 63.4 Å². The molecule has 7 heteroatoms. The normalized spacial score (nSPS) is 13.4. The van der Waals surface area contributed by atoms with Gasteiger partial charge in [0, 0.05) is 10.3 Å². The Kier molecular flexibility index (Phi) is 3.60. The van der Waals surface area contributed by atoms with E-state index < -0.39 is 5.56 Å². The molecule has 0 radical (unpaired) electrons. The summed E-state index contributed by atoms with van der Waals surface area (Å²) in [7, 11) is 0. The molecule has 1 N–H and O–H groups in total. The lowest BCUT2D eigenvalue weighted by Gasteiger charge is -2.06. The fourth-order valence-electron chi connectivity index (χ4n) is 2.51. The molecule has 25 heavy (non-hydrogen) atoms. The number of fused-ring (bicyclic) bond motifs is 2. The van der Waals surface area contributed by atoms with Gasteiger partial charge in [-0.2, -0.15) is 10.2 Å². The largest absolute Gasteiger partial charge is 0.506 e. The second-order valence-electron chi connectivity index (χ2n) is 5.22. The van der Waals surface area contributed by atoms with Crippen LogP contribution < -0.4 is 15.0 Å². The van der Waals surface area contributed by atoms with Gasteiger partial charge in [-0.1, -0.05) is 12.1 Å². The van der Waals surface area contributed by atoms with Crippen LogP contribution >= 0.6 is 11.3 Å². The van der Waals surface area contributed by atoms with Crippen LogP contribution in [-0.4, -0.2) is 16.9 Å². The molecule has 0 aliphatic carbocycles. The molecule has 2 aromatic carbocycles. The quantitative estimate of drug-likeness (QED) is 0.563. The van der Waals surface area contributed by atoms with Crippen molar-refractivity contribution in [1.29, 1.82) is 5.26 Å². The van der Waals surface area contributed by atoms with Crippen molar-refractivity contribution in [2.45, 2.75) is 0 Å². The van der Waals surface area contributed by atoms with Gasteiger partial charge >= 0.3 is 0 Å². The zero-order valence-corrected chi connectivity index (χ0v) is 13.5. The summed E-state index contributed by atoms with van der Waals surface area (Å²) in [5.74, 6) is 0.795. The molecule has 0 fully saturated rings. The number of ether oxygens (including phenoxy) is 2. The van der Waals surface area contributed by atoms with Crippen molar-refractivity contribution in [1.82, 2.24) is 4.98 Å². The van der Waals surface area contributed by atoms with Crippen molar-refractivity contribution in [2.24, 2.45) is 0 Å². The number of allylic oxidation sites excluding steroid dienone is 1. The van der Waals surface area contributed by atoms with Crippen LogP contribution in [0.25, 0.3) is 21.4 Å².